The predicted molar refractivity (Wildman–Crippen MR) is 76.4 cm³/mol. The van der Waals surface area contributed by atoms with Gasteiger partial charge in [0.15, 0.2) is 0 Å². The quantitative estimate of drug-likeness (QED) is 0.921. The fourth-order valence-electron chi connectivity index (χ4n) is 1.84. The maximum Gasteiger partial charge on any atom is 0.255 e. The van der Waals surface area contributed by atoms with Crippen LogP contribution in [-0.4, -0.2) is 48.6 Å². The summed E-state index contributed by atoms with van der Waals surface area (Å²) in [5.74, 6) is 0.338. The number of carbonyl (C=O) groups is 1. The summed E-state index contributed by atoms with van der Waals surface area (Å²) in [5, 5.41) is 3.58. The van der Waals surface area contributed by atoms with E-state index in [0.717, 1.165) is 13.1 Å². The van der Waals surface area contributed by atoms with Crippen molar-refractivity contribution in [2.24, 2.45) is 0 Å². The maximum absolute atomic E-state index is 12.2. The third kappa shape index (κ3) is 3.96. The Kier molecular flexibility index (Phi) is 6.34. The van der Waals surface area contributed by atoms with Crippen molar-refractivity contribution >= 4 is 29.9 Å². The molecule has 0 aromatic carbocycles. The van der Waals surface area contributed by atoms with E-state index in [-0.39, 0.29) is 18.3 Å². The van der Waals surface area contributed by atoms with Gasteiger partial charge in [-0.25, -0.2) is 4.98 Å². The topological polar surface area (TPSA) is 54.5 Å². The van der Waals surface area contributed by atoms with Crippen LogP contribution in [0.5, 0.6) is 5.88 Å². The molecule has 7 heteroatoms. The number of hydrogen-bond donors (Lipinski definition) is 1. The third-order valence-corrected chi connectivity index (χ3v) is 3.01. The van der Waals surface area contributed by atoms with Gasteiger partial charge < -0.3 is 15.0 Å². The van der Waals surface area contributed by atoms with Crippen LogP contribution >= 0.6 is 24.0 Å². The molecule has 1 amide bonds. The van der Waals surface area contributed by atoms with Gasteiger partial charge in [-0.15, -0.1) is 12.4 Å². The Morgan fingerprint density at radius 3 is 2.79 bits per heavy atom. The highest BCUT2D eigenvalue weighted by molar-refractivity contribution is 6.32. The monoisotopic (exact) mass is 305 g/mol. The van der Waals surface area contributed by atoms with Crippen LogP contribution in [0.3, 0.4) is 0 Å². The first kappa shape index (κ1) is 16.0. The molecule has 19 heavy (non-hydrogen) atoms. The van der Waals surface area contributed by atoms with Gasteiger partial charge in [0.25, 0.3) is 5.91 Å². The van der Waals surface area contributed by atoms with Crippen LogP contribution in [0.25, 0.3) is 0 Å². The predicted octanol–water partition coefficient (Wildman–Crippen LogP) is 1.60. The fraction of sp³-hybridized carbons (Fsp3) is 0.500. The summed E-state index contributed by atoms with van der Waals surface area (Å²) >= 11 is 6.02. The van der Waals surface area contributed by atoms with Crippen molar-refractivity contribution in [2.75, 3.05) is 32.8 Å². The molecule has 1 aromatic rings. The molecule has 1 N–H and O–H groups in total. The molecule has 0 saturated carbocycles. The number of halogens is 2. The number of carbonyl (C=O) groups excluding carboxylic acids is 1. The molecule has 1 saturated heterocycles. The number of piperazine rings is 1. The standard InChI is InChI=1S/C12H16ClN3O2.ClH/c1-2-18-11-10(13)7-9(8-15-11)12(17)16-5-3-14-4-6-16;/h7-8,14H,2-6H2,1H3;1H. The largest absolute Gasteiger partial charge is 0.477 e. The summed E-state index contributed by atoms with van der Waals surface area (Å²) in [4.78, 5) is 18.0. The van der Waals surface area contributed by atoms with Crippen LogP contribution in [0.2, 0.25) is 5.02 Å². The molecule has 5 nitrogen and oxygen atoms in total. The Labute approximate surface area is 123 Å². The number of nitrogens with one attached hydrogen (secondary N) is 1. The first-order valence-electron chi connectivity index (χ1n) is 6.00. The molecule has 2 heterocycles. The van der Waals surface area contributed by atoms with Crippen molar-refractivity contribution in [3.05, 3.63) is 22.8 Å². The van der Waals surface area contributed by atoms with E-state index in [0.29, 0.717) is 36.2 Å². The number of ether oxygens (including phenoxy) is 1. The van der Waals surface area contributed by atoms with Gasteiger partial charge in [0.05, 0.1) is 12.2 Å². The number of aromatic nitrogens is 1. The summed E-state index contributed by atoms with van der Waals surface area (Å²) in [6.07, 6.45) is 1.52. The summed E-state index contributed by atoms with van der Waals surface area (Å²) < 4.78 is 5.24. The Hall–Kier alpha value is -1.04. The number of rotatable bonds is 3. The van der Waals surface area contributed by atoms with Crippen LogP contribution in [0, 0.1) is 0 Å². The van der Waals surface area contributed by atoms with Crippen LogP contribution in [0.4, 0.5) is 0 Å². The summed E-state index contributed by atoms with van der Waals surface area (Å²) in [6.45, 7) is 5.43. The summed E-state index contributed by atoms with van der Waals surface area (Å²) in [7, 11) is 0. The van der Waals surface area contributed by atoms with Gasteiger partial charge in [-0.05, 0) is 13.0 Å². The molecule has 0 bridgehead atoms. The molecule has 1 fully saturated rings. The van der Waals surface area contributed by atoms with Gasteiger partial charge in [-0.2, -0.15) is 0 Å². The second kappa shape index (κ2) is 7.53. The SMILES string of the molecule is CCOc1ncc(C(=O)N2CCNCC2)cc1Cl.Cl. The van der Waals surface area contributed by atoms with E-state index in [9.17, 15) is 4.79 Å². The van der Waals surface area contributed by atoms with Crippen molar-refractivity contribution in [1.82, 2.24) is 15.2 Å². The zero-order chi connectivity index (χ0) is 13.0. The minimum Gasteiger partial charge on any atom is -0.477 e. The van der Waals surface area contributed by atoms with Crippen molar-refractivity contribution in [3.63, 3.8) is 0 Å². The smallest absolute Gasteiger partial charge is 0.255 e. The second-order valence-corrected chi connectivity index (χ2v) is 4.39. The lowest BCUT2D eigenvalue weighted by Gasteiger charge is -2.27. The number of pyridine rings is 1. The zero-order valence-electron chi connectivity index (χ0n) is 10.7. The maximum atomic E-state index is 12.2. The minimum atomic E-state index is -0.0334. The van der Waals surface area contributed by atoms with Crippen molar-refractivity contribution < 1.29 is 9.53 Å². The van der Waals surface area contributed by atoms with Gasteiger partial charge in [0.1, 0.15) is 5.02 Å². The highest BCUT2D eigenvalue weighted by Crippen LogP contribution is 2.23. The van der Waals surface area contributed by atoms with Crippen LogP contribution in [-0.2, 0) is 0 Å². The molecule has 1 aliphatic heterocycles. The van der Waals surface area contributed by atoms with E-state index in [1.165, 1.54) is 6.20 Å². The zero-order valence-corrected chi connectivity index (χ0v) is 12.3. The van der Waals surface area contributed by atoms with E-state index in [4.69, 9.17) is 16.3 Å². The molecule has 2 rings (SSSR count). The average Bonchev–Trinajstić information content (AvgIpc) is 2.41. The molecule has 0 radical (unpaired) electrons. The van der Waals surface area contributed by atoms with Gasteiger partial charge >= 0.3 is 0 Å². The normalized spacial score (nSPS) is 14.7. The van der Waals surface area contributed by atoms with Gasteiger partial charge in [-0.1, -0.05) is 11.6 Å². The van der Waals surface area contributed by atoms with E-state index < -0.39 is 0 Å². The number of hydrogen-bond acceptors (Lipinski definition) is 4. The van der Waals surface area contributed by atoms with Crippen molar-refractivity contribution in [2.45, 2.75) is 6.92 Å². The molecular formula is C12H17Cl2N3O2. The first-order valence-corrected chi connectivity index (χ1v) is 6.38. The van der Waals surface area contributed by atoms with Gasteiger partial charge in [0.2, 0.25) is 5.88 Å². The summed E-state index contributed by atoms with van der Waals surface area (Å²) in [6, 6.07) is 1.61. The first-order chi connectivity index (χ1) is 8.72. The van der Waals surface area contributed by atoms with E-state index in [2.05, 4.69) is 10.3 Å². The Morgan fingerprint density at radius 2 is 2.21 bits per heavy atom. The van der Waals surface area contributed by atoms with Crippen LogP contribution in [0.1, 0.15) is 17.3 Å². The average molecular weight is 306 g/mol. The number of amides is 1. The number of nitrogens with zero attached hydrogens (tertiary/aromatic N) is 2. The molecule has 0 aliphatic carbocycles. The lowest BCUT2D eigenvalue weighted by molar-refractivity contribution is 0.0735. The minimum absolute atomic E-state index is 0. The second-order valence-electron chi connectivity index (χ2n) is 3.99. The highest BCUT2D eigenvalue weighted by atomic mass is 35.5. The fourth-order valence-corrected chi connectivity index (χ4v) is 2.06. The lowest BCUT2D eigenvalue weighted by atomic mass is 10.2. The Balaban J connectivity index is 0.00000180. The van der Waals surface area contributed by atoms with Gasteiger partial charge in [0, 0.05) is 32.4 Å². The van der Waals surface area contributed by atoms with Crippen LogP contribution < -0.4 is 10.1 Å². The van der Waals surface area contributed by atoms with Crippen LogP contribution in [0.15, 0.2) is 12.3 Å². The van der Waals surface area contributed by atoms with E-state index >= 15 is 0 Å². The Bertz CT molecular complexity index is 437. The van der Waals surface area contributed by atoms with Crippen molar-refractivity contribution in [3.8, 4) is 5.88 Å². The van der Waals surface area contributed by atoms with Gasteiger partial charge in [-0.3, -0.25) is 4.79 Å². The Morgan fingerprint density at radius 1 is 1.53 bits per heavy atom. The molecule has 1 aromatic heterocycles. The lowest BCUT2D eigenvalue weighted by Crippen LogP contribution is -2.46. The molecule has 106 valence electrons. The molecular weight excluding hydrogens is 289 g/mol. The molecule has 0 spiro atoms. The molecule has 0 atom stereocenters. The van der Waals surface area contributed by atoms with Crippen molar-refractivity contribution in [1.29, 1.82) is 0 Å². The highest BCUT2D eigenvalue weighted by Gasteiger charge is 2.19. The molecule has 0 unspecified atom stereocenters. The van der Waals surface area contributed by atoms with E-state index in [1.807, 2.05) is 6.92 Å². The van der Waals surface area contributed by atoms with E-state index in [1.54, 1.807) is 11.0 Å². The third-order valence-electron chi connectivity index (χ3n) is 2.74. The molecule has 1 aliphatic rings. The summed E-state index contributed by atoms with van der Waals surface area (Å²) in [5.41, 5.74) is 0.505.